The summed E-state index contributed by atoms with van der Waals surface area (Å²) in [5, 5.41) is 9.28. The predicted octanol–water partition coefficient (Wildman–Crippen LogP) is 2.20. The molecular formula is C17H18FN3O3S2. The summed E-state index contributed by atoms with van der Waals surface area (Å²) < 4.78 is 16.9. The molecule has 0 aliphatic carbocycles. The fourth-order valence-corrected chi connectivity index (χ4v) is 3.58. The molecule has 0 spiro atoms. The number of aryl methyl sites for hydroxylation is 1. The number of benzene rings is 1. The van der Waals surface area contributed by atoms with Crippen LogP contribution in [0.3, 0.4) is 0 Å². The molecule has 6 nitrogen and oxygen atoms in total. The van der Waals surface area contributed by atoms with Gasteiger partial charge in [0.15, 0.2) is 0 Å². The Labute approximate surface area is 160 Å². The Morgan fingerprint density at radius 1 is 1.31 bits per heavy atom. The van der Waals surface area contributed by atoms with Crippen LogP contribution in [0.4, 0.5) is 10.1 Å². The SMILES string of the molecule is CCn1cc(C(=O)O)c(=O)c2cc(F)c(N3CCN(C(=S)S)CC3)cc21. The monoisotopic (exact) mass is 395 g/mol. The van der Waals surface area contributed by atoms with E-state index in [-0.39, 0.29) is 10.9 Å². The number of carboxylic acid groups (broad SMARTS) is 1. The Morgan fingerprint density at radius 2 is 1.96 bits per heavy atom. The maximum Gasteiger partial charge on any atom is 0.341 e. The van der Waals surface area contributed by atoms with Crippen molar-refractivity contribution in [2.75, 3.05) is 31.1 Å². The molecule has 1 aromatic carbocycles. The lowest BCUT2D eigenvalue weighted by Gasteiger charge is -2.36. The van der Waals surface area contributed by atoms with Gasteiger partial charge >= 0.3 is 5.97 Å². The Hall–Kier alpha value is -2.13. The van der Waals surface area contributed by atoms with Gasteiger partial charge in [0.05, 0.1) is 11.2 Å². The Morgan fingerprint density at radius 3 is 2.50 bits per heavy atom. The van der Waals surface area contributed by atoms with Crippen molar-refractivity contribution in [3.05, 3.63) is 39.9 Å². The number of rotatable bonds is 3. The number of anilines is 1. The number of fused-ring (bicyclic) bond motifs is 1. The molecule has 0 radical (unpaired) electrons. The van der Waals surface area contributed by atoms with Crippen LogP contribution in [0, 0.1) is 5.82 Å². The van der Waals surface area contributed by atoms with Gasteiger partial charge in [0, 0.05) is 44.3 Å². The van der Waals surface area contributed by atoms with E-state index in [2.05, 4.69) is 12.6 Å². The smallest absolute Gasteiger partial charge is 0.341 e. The van der Waals surface area contributed by atoms with Gasteiger partial charge in [0.1, 0.15) is 15.7 Å². The topological polar surface area (TPSA) is 65.8 Å². The van der Waals surface area contributed by atoms with Crippen molar-refractivity contribution in [1.82, 2.24) is 9.47 Å². The number of thiocarbonyl (C=S) groups is 1. The maximum atomic E-state index is 14.7. The number of piperazine rings is 1. The van der Waals surface area contributed by atoms with Crippen molar-refractivity contribution in [2.24, 2.45) is 0 Å². The van der Waals surface area contributed by atoms with Crippen LogP contribution in [0.15, 0.2) is 23.1 Å². The van der Waals surface area contributed by atoms with E-state index in [4.69, 9.17) is 12.2 Å². The third kappa shape index (κ3) is 3.28. The molecule has 2 heterocycles. The zero-order chi connectivity index (χ0) is 19.0. The number of aromatic nitrogens is 1. The highest BCUT2D eigenvalue weighted by atomic mass is 32.1. The first-order valence-corrected chi connectivity index (χ1v) is 9.01. The summed E-state index contributed by atoms with van der Waals surface area (Å²) in [6.45, 7) is 4.73. The van der Waals surface area contributed by atoms with E-state index in [0.29, 0.717) is 48.2 Å². The number of hydrogen-bond acceptors (Lipinski definition) is 4. The van der Waals surface area contributed by atoms with Crippen molar-refractivity contribution >= 4 is 51.7 Å². The molecule has 138 valence electrons. The highest BCUT2D eigenvalue weighted by Gasteiger charge is 2.22. The van der Waals surface area contributed by atoms with Gasteiger partial charge in [-0.05, 0) is 19.1 Å². The Balaban J connectivity index is 2.08. The van der Waals surface area contributed by atoms with Gasteiger partial charge in [0.2, 0.25) is 5.43 Å². The van der Waals surface area contributed by atoms with E-state index in [1.54, 1.807) is 10.6 Å². The summed E-state index contributed by atoms with van der Waals surface area (Å²) in [6, 6.07) is 2.76. The minimum atomic E-state index is -1.32. The lowest BCUT2D eigenvalue weighted by atomic mass is 10.1. The van der Waals surface area contributed by atoms with Crippen LogP contribution in [-0.2, 0) is 6.54 Å². The molecule has 1 aliphatic heterocycles. The Bertz CT molecular complexity index is 952. The zero-order valence-electron chi connectivity index (χ0n) is 14.1. The number of halogens is 1. The van der Waals surface area contributed by atoms with Crippen LogP contribution < -0.4 is 10.3 Å². The Kier molecular flexibility index (Phi) is 5.19. The zero-order valence-corrected chi connectivity index (χ0v) is 15.8. The molecule has 2 aromatic rings. The molecule has 0 amide bonds. The average Bonchev–Trinajstić information content (AvgIpc) is 2.62. The van der Waals surface area contributed by atoms with Crippen LogP contribution in [0.5, 0.6) is 0 Å². The third-order valence-electron chi connectivity index (χ3n) is 4.61. The quantitative estimate of drug-likeness (QED) is 0.614. The van der Waals surface area contributed by atoms with E-state index in [9.17, 15) is 19.1 Å². The summed E-state index contributed by atoms with van der Waals surface area (Å²) in [5.74, 6) is -1.86. The molecular weight excluding hydrogens is 377 g/mol. The fourth-order valence-electron chi connectivity index (χ4n) is 3.19. The van der Waals surface area contributed by atoms with Gasteiger partial charge in [0.25, 0.3) is 0 Å². The van der Waals surface area contributed by atoms with E-state index in [1.807, 2.05) is 16.7 Å². The minimum Gasteiger partial charge on any atom is -0.477 e. The van der Waals surface area contributed by atoms with Crippen LogP contribution in [-0.4, -0.2) is 51.0 Å². The number of pyridine rings is 1. The number of thiol groups is 1. The van der Waals surface area contributed by atoms with Crippen molar-refractivity contribution in [2.45, 2.75) is 13.5 Å². The molecule has 0 unspecified atom stereocenters. The highest BCUT2D eigenvalue weighted by Crippen LogP contribution is 2.26. The molecule has 0 atom stereocenters. The molecule has 1 aliphatic rings. The van der Waals surface area contributed by atoms with Gasteiger partial charge in [-0.25, -0.2) is 9.18 Å². The van der Waals surface area contributed by atoms with Gasteiger partial charge < -0.3 is 19.5 Å². The van der Waals surface area contributed by atoms with Crippen molar-refractivity contribution in [1.29, 1.82) is 0 Å². The van der Waals surface area contributed by atoms with Crippen LogP contribution in [0.1, 0.15) is 17.3 Å². The molecule has 0 saturated carbocycles. The first-order chi connectivity index (χ1) is 12.3. The van der Waals surface area contributed by atoms with E-state index in [1.165, 1.54) is 6.20 Å². The minimum absolute atomic E-state index is 0.0724. The second-order valence-corrected chi connectivity index (χ2v) is 7.15. The predicted molar refractivity (Wildman–Crippen MR) is 106 cm³/mol. The summed E-state index contributed by atoms with van der Waals surface area (Å²) in [4.78, 5) is 27.5. The van der Waals surface area contributed by atoms with Crippen LogP contribution >= 0.6 is 24.8 Å². The van der Waals surface area contributed by atoms with Gasteiger partial charge in [-0.3, -0.25) is 4.79 Å². The molecule has 3 rings (SSSR count). The molecule has 9 heteroatoms. The summed E-state index contributed by atoms with van der Waals surface area (Å²) in [5.41, 5.74) is -0.117. The van der Waals surface area contributed by atoms with Crippen LogP contribution in [0.25, 0.3) is 10.9 Å². The summed E-state index contributed by atoms with van der Waals surface area (Å²) in [6.07, 6.45) is 1.31. The largest absolute Gasteiger partial charge is 0.477 e. The number of aromatic carboxylic acids is 1. The van der Waals surface area contributed by atoms with E-state index in [0.717, 1.165) is 6.07 Å². The van der Waals surface area contributed by atoms with Crippen molar-refractivity contribution < 1.29 is 14.3 Å². The van der Waals surface area contributed by atoms with Crippen molar-refractivity contribution in [3.8, 4) is 0 Å². The van der Waals surface area contributed by atoms with Gasteiger partial charge in [-0.15, -0.1) is 12.6 Å². The van der Waals surface area contributed by atoms with E-state index < -0.39 is 17.2 Å². The highest BCUT2D eigenvalue weighted by molar-refractivity contribution is 8.10. The first kappa shape index (κ1) is 18.7. The second-order valence-electron chi connectivity index (χ2n) is 6.04. The normalized spacial score (nSPS) is 14.7. The molecule has 26 heavy (non-hydrogen) atoms. The first-order valence-electron chi connectivity index (χ1n) is 8.16. The van der Waals surface area contributed by atoms with Crippen LogP contribution in [0.2, 0.25) is 0 Å². The molecule has 1 fully saturated rings. The summed E-state index contributed by atoms with van der Waals surface area (Å²) >= 11 is 9.22. The van der Waals surface area contributed by atoms with E-state index >= 15 is 0 Å². The lowest BCUT2D eigenvalue weighted by Crippen LogP contribution is -2.47. The second kappa shape index (κ2) is 7.24. The van der Waals surface area contributed by atoms with Crippen molar-refractivity contribution in [3.63, 3.8) is 0 Å². The number of hydrogen-bond donors (Lipinski definition) is 2. The molecule has 1 saturated heterocycles. The standard InChI is InChI=1S/C17H18FN3O3S2/c1-2-19-9-11(16(23)24)15(22)10-7-12(18)14(8-13(10)19)20-3-5-21(6-4-20)17(25)26/h7-9H,2-6H2,1H3,(H,23,24)(H,25,26). The number of carboxylic acids is 1. The molecule has 1 aromatic heterocycles. The third-order valence-corrected chi connectivity index (χ3v) is 5.15. The summed E-state index contributed by atoms with van der Waals surface area (Å²) in [7, 11) is 0. The van der Waals surface area contributed by atoms with Gasteiger partial charge in [-0.2, -0.15) is 0 Å². The number of carbonyl (C=O) groups is 1. The maximum absolute atomic E-state index is 14.7. The average molecular weight is 395 g/mol. The molecule has 0 bridgehead atoms. The lowest BCUT2D eigenvalue weighted by molar-refractivity contribution is 0.0695. The number of nitrogens with zero attached hydrogens (tertiary/aromatic N) is 3. The fraction of sp³-hybridized carbons (Fsp3) is 0.353. The molecule has 1 N–H and O–H groups in total. The van der Waals surface area contributed by atoms with Gasteiger partial charge in [-0.1, -0.05) is 12.2 Å².